The standard InChI is InChI=1S/C24H29N5O/c1-29-21-12-5-4-11-20(21)26-22(29)14-13-16-7-6-8-17(15-16)25-24(30)23-18-9-2-3-10-19(18)27-28-23/h4-8,11-12,15,18-19,23,27-28H,2-3,9-10,13-14H2,1H3,(H,25,30). The molecule has 6 nitrogen and oxygen atoms in total. The third kappa shape index (κ3) is 3.73. The summed E-state index contributed by atoms with van der Waals surface area (Å²) in [6.07, 6.45) is 6.47. The van der Waals surface area contributed by atoms with Gasteiger partial charge in [-0.3, -0.25) is 10.2 Å². The molecule has 1 aromatic heterocycles. The van der Waals surface area contributed by atoms with Crippen LogP contribution >= 0.6 is 0 Å². The second-order valence-corrected chi connectivity index (χ2v) is 8.59. The van der Waals surface area contributed by atoms with Gasteiger partial charge in [0.25, 0.3) is 0 Å². The van der Waals surface area contributed by atoms with Gasteiger partial charge in [0, 0.05) is 31.1 Å². The topological polar surface area (TPSA) is 71.0 Å². The number of anilines is 1. The zero-order valence-corrected chi connectivity index (χ0v) is 17.4. The molecule has 30 heavy (non-hydrogen) atoms. The lowest BCUT2D eigenvalue weighted by atomic mass is 9.81. The van der Waals surface area contributed by atoms with Gasteiger partial charge in [0.2, 0.25) is 5.91 Å². The summed E-state index contributed by atoms with van der Waals surface area (Å²) in [6, 6.07) is 16.7. The van der Waals surface area contributed by atoms with Crippen LogP contribution in [0.3, 0.4) is 0 Å². The average molecular weight is 404 g/mol. The molecule has 2 aromatic carbocycles. The van der Waals surface area contributed by atoms with Crippen molar-refractivity contribution in [2.45, 2.75) is 50.6 Å². The Morgan fingerprint density at radius 1 is 1.10 bits per heavy atom. The van der Waals surface area contributed by atoms with E-state index in [0.717, 1.165) is 48.2 Å². The van der Waals surface area contributed by atoms with E-state index >= 15 is 0 Å². The van der Waals surface area contributed by atoms with Crippen LogP contribution < -0.4 is 16.2 Å². The molecule has 1 aliphatic heterocycles. The first-order valence-corrected chi connectivity index (χ1v) is 11.0. The lowest BCUT2D eigenvalue weighted by molar-refractivity contribution is -0.118. The Labute approximate surface area is 177 Å². The Hall–Kier alpha value is -2.70. The highest BCUT2D eigenvalue weighted by Crippen LogP contribution is 2.30. The summed E-state index contributed by atoms with van der Waals surface area (Å²) >= 11 is 0. The number of rotatable bonds is 5. The fourth-order valence-electron chi connectivity index (χ4n) is 5.00. The number of carbonyl (C=O) groups excluding carboxylic acids is 1. The number of nitrogens with one attached hydrogen (secondary N) is 3. The number of para-hydroxylation sites is 2. The third-order valence-corrected chi connectivity index (χ3v) is 6.67. The number of aromatic nitrogens is 2. The van der Waals surface area contributed by atoms with Crippen LogP contribution in [-0.4, -0.2) is 27.5 Å². The van der Waals surface area contributed by atoms with Gasteiger partial charge in [0.15, 0.2) is 0 Å². The third-order valence-electron chi connectivity index (χ3n) is 6.67. The van der Waals surface area contributed by atoms with E-state index in [1.54, 1.807) is 0 Å². The molecule has 3 aromatic rings. The van der Waals surface area contributed by atoms with Crippen molar-refractivity contribution in [3.63, 3.8) is 0 Å². The summed E-state index contributed by atoms with van der Waals surface area (Å²) in [5.41, 5.74) is 10.8. The minimum absolute atomic E-state index is 0.0596. The summed E-state index contributed by atoms with van der Waals surface area (Å²) in [5, 5.41) is 3.13. The molecule has 1 saturated heterocycles. The Morgan fingerprint density at radius 3 is 2.87 bits per heavy atom. The fraction of sp³-hybridized carbons (Fsp3) is 0.417. The first-order valence-electron chi connectivity index (χ1n) is 11.0. The number of aryl methyl sites for hydroxylation is 3. The molecule has 3 N–H and O–H groups in total. The van der Waals surface area contributed by atoms with Crippen molar-refractivity contribution in [2.24, 2.45) is 13.0 Å². The fourth-order valence-corrected chi connectivity index (χ4v) is 5.00. The molecule has 1 amide bonds. The van der Waals surface area contributed by atoms with Crippen molar-refractivity contribution in [3.8, 4) is 0 Å². The van der Waals surface area contributed by atoms with Crippen molar-refractivity contribution in [1.82, 2.24) is 20.4 Å². The minimum atomic E-state index is -0.154. The molecule has 3 atom stereocenters. The van der Waals surface area contributed by atoms with Crippen LogP contribution in [0.25, 0.3) is 11.0 Å². The largest absolute Gasteiger partial charge is 0.331 e. The van der Waals surface area contributed by atoms with Gasteiger partial charge in [-0.25, -0.2) is 10.4 Å². The summed E-state index contributed by atoms with van der Waals surface area (Å²) in [7, 11) is 2.07. The van der Waals surface area contributed by atoms with E-state index in [0.29, 0.717) is 12.0 Å². The van der Waals surface area contributed by atoms with Crippen LogP contribution in [-0.2, 0) is 24.7 Å². The Kier molecular flexibility index (Phi) is 5.27. The van der Waals surface area contributed by atoms with E-state index in [1.165, 1.54) is 18.4 Å². The van der Waals surface area contributed by atoms with Gasteiger partial charge < -0.3 is 9.88 Å². The van der Waals surface area contributed by atoms with Crippen molar-refractivity contribution in [1.29, 1.82) is 0 Å². The molecule has 156 valence electrons. The van der Waals surface area contributed by atoms with Gasteiger partial charge in [-0.05, 0) is 49.1 Å². The van der Waals surface area contributed by atoms with Crippen LogP contribution in [0.2, 0.25) is 0 Å². The molecule has 0 bridgehead atoms. The van der Waals surface area contributed by atoms with Gasteiger partial charge >= 0.3 is 0 Å². The summed E-state index contributed by atoms with van der Waals surface area (Å²) in [5.74, 6) is 1.53. The molecule has 2 heterocycles. The van der Waals surface area contributed by atoms with Gasteiger partial charge in [0.05, 0.1) is 11.0 Å². The summed E-state index contributed by atoms with van der Waals surface area (Å²) < 4.78 is 2.17. The normalized spacial score (nSPS) is 23.4. The average Bonchev–Trinajstić information content (AvgIpc) is 3.34. The van der Waals surface area contributed by atoms with E-state index in [4.69, 9.17) is 4.98 Å². The second kappa shape index (κ2) is 8.20. The predicted octanol–water partition coefficient (Wildman–Crippen LogP) is 3.33. The van der Waals surface area contributed by atoms with Gasteiger partial charge in [-0.1, -0.05) is 37.1 Å². The molecule has 0 radical (unpaired) electrons. The highest BCUT2D eigenvalue weighted by atomic mass is 16.2. The lowest BCUT2D eigenvalue weighted by Crippen LogP contribution is -2.42. The first kappa shape index (κ1) is 19.3. The van der Waals surface area contributed by atoms with Gasteiger partial charge in [-0.15, -0.1) is 0 Å². The molecule has 6 heteroatoms. The lowest BCUT2D eigenvalue weighted by Gasteiger charge is -2.26. The molecule has 0 spiro atoms. The maximum atomic E-state index is 12.9. The first-order chi connectivity index (χ1) is 14.7. The molecule has 1 saturated carbocycles. The maximum Gasteiger partial charge on any atom is 0.243 e. The molecule has 2 aliphatic rings. The zero-order valence-electron chi connectivity index (χ0n) is 17.4. The monoisotopic (exact) mass is 403 g/mol. The van der Waals surface area contributed by atoms with Crippen LogP contribution in [0.15, 0.2) is 48.5 Å². The van der Waals surface area contributed by atoms with Crippen molar-refractivity contribution >= 4 is 22.6 Å². The van der Waals surface area contributed by atoms with Crippen LogP contribution in [0.5, 0.6) is 0 Å². The van der Waals surface area contributed by atoms with Crippen LogP contribution in [0, 0.1) is 5.92 Å². The second-order valence-electron chi connectivity index (χ2n) is 8.59. The molecule has 1 aliphatic carbocycles. The number of carbonyl (C=O) groups is 1. The van der Waals surface area contributed by atoms with E-state index in [1.807, 2.05) is 24.3 Å². The Balaban J connectivity index is 1.24. The van der Waals surface area contributed by atoms with Crippen LogP contribution in [0.4, 0.5) is 5.69 Å². The highest BCUT2D eigenvalue weighted by Gasteiger charge is 2.40. The number of amides is 1. The SMILES string of the molecule is Cn1c(CCc2cccc(NC(=O)C3NNC4CCCCC43)c2)nc2ccccc21. The highest BCUT2D eigenvalue weighted by molar-refractivity contribution is 5.95. The maximum absolute atomic E-state index is 12.9. The molecule has 5 rings (SSSR count). The number of hydrazine groups is 1. The predicted molar refractivity (Wildman–Crippen MR) is 119 cm³/mol. The van der Waals surface area contributed by atoms with E-state index in [9.17, 15) is 4.79 Å². The van der Waals surface area contributed by atoms with Crippen molar-refractivity contribution in [2.75, 3.05) is 5.32 Å². The molecular formula is C24H29N5O. The summed E-state index contributed by atoms with van der Waals surface area (Å²) in [6.45, 7) is 0. The van der Waals surface area contributed by atoms with Crippen LogP contribution in [0.1, 0.15) is 37.1 Å². The number of fused-ring (bicyclic) bond motifs is 2. The number of imidazole rings is 1. The smallest absolute Gasteiger partial charge is 0.243 e. The van der Waals surface area contributed by atoms with E-state index in [-0.39, 0.29) is 11.9 Å². The van der Waals surface area contributed by atoms with E-state index < -0.39 is 0 Å². The number of nitrogens with zero attached hydrogens (tertiary/aromatic N) is 2. The van der Waals surface area contributed by atoms with E-state index in [2.05, 4.69) is 52.0 Å². The quantitative estimate of drug-likeness (QED) is 0.611. The molecular weight excluding hydrogens is 374 g/mol. The molecule has 3 unspecified atom stereocenters. The van der Waals surface area contributed by atoms with Gasteiger partial charge in [-0.2, -0.15) is 0 Å². The Morgan fingerprint density at radius 2 is 1.97 bits per heavy atom. The number of hydrogen-bond donors (Lipinski definition) is 3. The van der Waals surface area contributed by atoms with Crippen molar-refractivity contribution in [3.05, 3.63) is 59.9 Å². The van der Waals surface area contributed by atoms with Gasteiger partial charge in [0.1, 0.15) is 11.9 Å². The zero-order chi connectivity index (χ0) is 20.5. The van der Waals surface area contributed by atoms with Crippen molar-refractivity contribution < 1.29 is 4.79 Å². The number of hydrogen-bond acceptors (Lipinski definition) is 4. The Bertz CT molecular complexity index is 1060. The minimum Gasteiger partial charge on any atom is -0.331 e. The molecule has 2 fully saturated rings. The summed E-state index contributed by atoms with van der Waals surface area (Å²) in [4.78, 5) is 17.6. The number of benzene rings is 2.